The fourth-order valence-corrected chi connectivity index (χ4v) is 1.74. The number of benzene rings is 1. The molecule has 0 bridgehead atoms. The molecule has 0 saturated heterocycles. The standard InChI is InChI=1S/C14H16N4O/c1-18(2)13-12(8-5-9-16-13)17-14(19)10-6-3-4-7-11(10)15/h3-9H,15H2,1-2H3,(H,17,19). The van der Waals surface area contributed by atoms with Crippen molar-refractivity contribution in [3.05, 3.63) is 48.2 Å². The molecule has 5 heteroatoms. The van der Waals surface area contributed by atoms with E-state index >= 15 is 0 Å². The van der Waals surface area contributed by atoms with Gasteiger partial charge in [0.1, 0.15) is 0 Å². The Hall–Kier alpha value is -2.56. The molecule has 0 unspecified atom stereocenters. The average molecular weight is 256 g/mol. The molecule has 0 aliphatic rings. The maximum atomic E-state index is 12.2. The van der Waals surface area contributed by atoms with Crippen LogP contribution in [0.3, 0.4) is 0 Å². The first-order valence-corrected chi connectivity index (χ1v) is 5.88. The molecule has 1 amide bonds. The molecule has 1 heterocycles. The van der Waals surface area contributed by atoms with Crippen LogP contribution in [0.1, 0.15) is 10.4 Å². The molecule has 0 spiro atoms. The highest BCUT2D eigenvalue weighted by molar-refractivity contribution is 6.08. The van der Waals surface area contributed by atoms with Gasteiger partial charge < -0.3 is 16.0 Å². The highest BCUT2D eigenvalue weighted by Gasteiger charge is 2.12. The second-order valence-corrected chi connectivity index (χ2v) is 4.31. The van der Waals surface area contributed by atoms with Crippen LogP contribution in [0, 0.1) is 0 Å². The zero-order valence-corrected chi connectivity index (χ0v) is 10.9. The number of nitrogens with zero attached hydrogens (tertiary/aromatic N) is 2. The van der Waals surface area contributed by atoms with Crippen LogP contribution in [0.15, 0.2) is 42.6 Å². The van der Waals surface area contributed by atoms with Crippen LogP contribution in [0.4, 0.5) is 17.2 Å². The van der Waals surface area contributed by atoms with Crippen molar-refractivity contribution < 1.29 is 4.79 Å². The van der Waals surface area contributed by atoms with Crippen LogP contribution < -0.4 is 16.0 Å². The van der Waals surface area contributed by atoms with E-state index in [9.17, 15) is 4.79 Å². The van der Waals surface area contributed by atoms with E-state index in [1.54, 1.807) is 42.6 Å². The molecule has 1 aromatic carbocycles. The van der Waals surface area contributed by atoms with Crippen LogP contribution in [0.25, 0.3) is 0 Å². The van der Waals surface area contributed by atoms with E-state index in [0.717, 1.165) is 0 Å². The van der Waals surface area contributed by atoms with Crippen LogP contribution in [0.2, 0.25) is 0 Å². The Morgan fingerprint density at radius 2 is 1.95 bits per heavy atom. The third kappa shape index (κ3) is 2.82. The van der Waals surface area contributed by atoms with Crippen molar-refractivity contribution in [1.29, 1.82) is 0 Å². The summed E-state index contributed by atoms with van der Waals surface area (Å²) in [6, 6.07) is 10.5. The van der Waals surface area contributed by atoms with E-state index in [0.29, 0.717) is 22.8 Å². The zero-order valence-electron chi connectivity index (χ0n) is 10.9. The van der Waals surface area contributed by atoms with Gasteiger partial charge in [0.25, 0.3) is 5.91 Å². The monoisotopic (exact) mass is 256 g/mol. The molecule has 19 heavy (non-hydrogen) atoms. The zero-order chi connectivity index (χ0) is 13.8. The SMILES string of the molecule is CN(C)c1ncccc1NC(=O)c1ccccc1N. The van der Waals surface area contributed by atoms with Gasteiger partial charge in [-0.1, -0.05) is 12.1 Å². The molecule has 0 fully saturated rings. The number of carbonyl (C=O) groups is 1. The van der Waals surface area contributed by atoms with Gasteiger partial charge in [0.15, 0.2) is 5.82 Å². The first-order valence-electron chi connectivity index (χ1n) is 5.88. The van der Waals surface area contributed by atoms with Gasteiger partial charge >= 0.3 is 0 Å². The lowest BCUT2D eigenvalue weighted by molar-refractivity contribution is 0.102. The number of para-hydroxylation sites is 1. The first-order chi connectivity index (χ1) is 9.09. The molecular formula is C14H16N4O. The number of rotatable bonds is 3. The summed E-state index contributed by atoms with van der Waals surface area (Å²) in [5.74, 6) is 0.458. The van der Waals surface area contributed by atoms with Crippen LogP contribution in [-0.4, -0.2) is 25.0 Å². The van der Waals surface area contributed by atoms with Crippen molar-refractivity contribution in [2.45, 2.75) is 0 Å². The molecular weight excluding hydrogens is 240 g/mol. The molecule has 1 aromatic heterocycles. The van der Waals surface area contributed by atoms with Gasteiger partial charge in [-0.15, -0.1) is 0 Å². The Kier molecular flexibility index (Phi) is 3.66. The Bertz CT molecular complexity index is 596. The van der Waals surface area contributed by atoms with Crippen LogP contribution in [0.5, 0.6) is 0 Å². The summed E-state index contributed by atoms with van der Waals surface area (Å²) >= 11 is 0. The maximum Gasteiger partial charge on any atom is 0.257 e. The second-order valence-electron chi connectivity index (χ2n) is 4.31. The lowest BCUT2D eigenvalue weighted by Crippen LogP contribution is -2.18. The third-order valence-electron chi connectivity index (χ3n) is 2.66. The molecule has 3 N–H and O–H groups in total. The van der Waals surface area contributed by atoms with Gasteiger partial charge in [0, 0.05) is 26.0 Å². The number of hydrogen-bond acceptors (Lipinski definition) is 4. The predicted octanol–water partition coefficient (Wildman–Crippen LogP) is 1.98. The summed E-state index contributed by atoms with van der Waals surface area (Å²) in [5.41, 5.74) is 7.35. The van der Waals surface area contributed by atoms with Crippen molar-refractivity contribution in [3.63, 3.8) is 0 Å². The summed E-state index contributed by atoms with van der Waals surface area (Å²) in [7, 11) is 3.74. The molecule has 5 nitrogen and oxygen atoms in total. The summed E-state index contributed by atoms with van der Waals surface area (Å²) < 4.78 is 0. The number of nitrogen functional groups attached to an aromatic ring is 1. The quantitative estimate of drug-likeness (QED) is 0.824. The van der Waals surface area contributed by atoms with Crippen molar-refractivity contribution in [3.8, 4) is 0 Å². The summed E-state index contributed by atoms with van der Waals surface area (Å²) in [6.07, 6.45) is 1.68. The smallest absolute Gasteiger partial charge is 0.257 e. The Labute approximate surface area is 112 Å². The summed E-state index contributed by atoms with van der Waals surface area (Å²) in [5, 5.41) is 2.83. The lowest BCUT2D eigenvalue weighted by Gasteiger charge is -2.16. The third-order valence-corrected chi connectivity index (χ3v) is 2.66. The van der Waals surface area contributed by atoms with Crippen molar-refractivity contribution in [2.24, 2.45) is 0 Å². The Morgan fingerprint density at radius 3 is 2.63 bits per heavy atom. The number of hydrogen-bond donors (Lipinski definition) is 2. The van der Waals surface area contributed by atoms with Crippen molar-refractivity contribution in [2.75, 3.05) is 30.0 Å². The minimum atomic E-state index is -0.241. The fraction of sp³-hybridized carbons (Fsp3) is 0.143. The largest absolute Gasteiger partial charge is 0.398 e. The molecule has 0 radical (unpaired) electrons. The number of nitrogens with one attached hydrogen (secondary N) is 1. The van der Waals surface area contributed by atoms with Crippen molar-refractivity contribution in [1.82, 2.24) is 4.98 Å². The Balaban J connectivity index is 2.27. The maximum absolute atomic E-state index is 12.2. The van der Waals surface area contributed by atoms with E-state index in [1.807, 2.05) is 19.0 Å². The van der Waals surface area contributed by atoms with Gasteiger partial charge in [-0.3, -0.25) is 4.79 Å². The van der Waals surface area contributed by atoms with Gasteiger partial charge in [0.2, 0.25) is 0 Å². The highest BCUT2D eigenvalue weighted by Crippen LogP contribution is 2.22. The summed E-state index contributed by atoms with van der Waals surface area (Å²) in [4.78, 5) is 18.2. The van der Waals surface area contributed by atoms with Gasteiger partial charge in [0.05, 0.1) is 11.3 Å². The normalized spacial score (nSPS) is 10.0. The average Bonchev–Trinajstić information content (AvgIpc) is 2.39. The second kappa shape index (κ2) is 5.39. The highest BCUT2D eigenvalue weighted by atomic mass is 16.1. The molecule has 0 saturated carbocycles. The Morgan fingerprint density at radius 1 is 1.21 bits per heavy atom. The molecule has 2 aromatic rings. The number of aromatic nitrogens is 1. The van der Waals surface area contributed by atoms with Gasteiger partial charge in [-0.25, -0.2) is 4.98 Å². The molecule has 0 aliphatic heterocycles. The van der Waals surface area contributed by atoms with Crippen LogP contribution >= 0.6 is 0 Å². The number of nitrogens with two attached hydrogens (primary N) is 1. The van der Waals surface area contributed by atoms with Crippen LogP contribution in [-0.2, 0) is 0 Å². The molecule has 98 valence electrons. The molecule has 0 atom stereocenters. The number of amides is 1. The van der Waals surface area contributed by atoms with E-state index in [2.05, 4.69) is 10.3 Å². The number of carbonyl (C=O) groups excluding carboxylic acids is 1. The van der Waals surface area contributed by atoms with E-state index < -0.39 is 0 Å². The van der Waals surface area contributed by atoms with E-state index in [1.165, 1.54) is 0 Å². The lowest BCUT2D eigenvalue weighted by atomic mass is 10.1. The summed E-state index contributed by atoms with van der Waals surface area (Å²) in [6.45, 7) is 0. The fourth-order valence-electron chi connectivity index (χ4n) is 1.74. The number of pyridine rings is 1. The van der Waals surface area contributed by atoms with Gasteiger partial charge in [-0.2, -0.15) is 0 Å². The minimum absolute atomic E-state index is 0.241. The molecule has 2 rings (SSSR count). The number of anilines is 3. The first kappa shape index (κ1) is 12.9. The minimum Gasteiger partial charge on any atom is -0.398 e. The molecule has 0 aliphatic carbocycles. The predicted molar refractivity (Wildman–Crippen MR) is 77.4 cm³/mol. The van der Waals surface area contributed by atoms with Gasteiger partial charge in [-0.05, 0) is 24.3 Å². The van der Waals surface area contributed by atoms with E-state index in [4.69, 9.17) is 5.73 Å². The topological polar surface area (TPSA) is 71.2 Å². The van der Waals surface area contributed by atoms with Crippen molar-refractivity contribution >= 4 is 23.1 Å². The van der Waals surface area contributed by atoms with E-state index in [-0.39, 0.29) is 5.91 Å².